The first-order valence-electron chi connectivity index (χ1n) is 10.1. The third-order valence-corrected chi connectivity index (χ3v) is 6.86. The summed E-state index contributed by atoms with van der Waals surface area (Å²) in [5, 5.41) is 0. The van der Waals surface area contributed by atoms with Gasteiger partial charge in [0.2, 0.25) is 0 Å². The van der Waals surface area contributed by atoms with Gasteiger partial charge in [-0.3, -0.25) is 9.52 Å². The lowest BCUT2D eigenvalue weighted by Gasteiger charge is -2.21. The van der Waals surface area contributed by atoms with Gasteiger partial charge < -0.3 is 19.8 Å². The molecule has 1 aliphatic heterocycles. The van der Waals surface area contributed by atoms with E-state index in [0.29, 0.717) is 28.8 Å². The Morgan fingerprint density at radius 3 is 2.45 bits per heavy atom. The summed E-state index contributed by atoms with van der Waals surface area (Å²) in [7, 11) is -2.08. The van der Waals surface area contributed by atoms with Gasteiger partial charge in [0.05, 0.1) is 15.9 Å². The number of likely N-dealkylation sites (N-methyl/N-ethyl adjacent to an activating group) is 1. The number of anilines is 1. The number of nitrogens with zero attached hydrogens (tertiary/aromatic N) is 2. The number of H-pyrrole nitrogens is 2. The molecule has 10 heteroatoms. The molecule has 1 fully saturated rings. The molecule has 0 unspecified atom stereocenters. The molecule has 0 atom stereocenters. The molecule has 3 N–H and O–H groups in total. The van der Waals surface area contributed by atoms with Crippen LogP contribution in [0.2, 0.25) is 0 Å². The lowest BCUT2D eigenvalue weighted by molar-refractivity contribution is 0.0782. The number of aromatic amines is 2. The van der Waals surface area contributed by atoms with E-state index >= 15 is 0 Å². The van der Waals surface area contributed by atoms with Crippen LogP contribution in [0.15, 0.2) is 52.2 Å². The summed E-state index contributed by atoms with van der Waals surface area (Å²) < 4.78 is 27.9. The van der Waals surface area contributed by atoms with Gasteiger partial charge in [0.25, 0.3) is 15.9 Å². The van der Waals surface area contributed by atoms with Crippen molar-refractivity contribution >= 4 is 32.7 Å². The van der Waals surface area contributed by atoms with Crippen LogP contribution >= 0.6 is 0 Å². The first kappa shape index (κ1) is 21.1. The molecule has 1 aliphatic rings. The van der Waals surface area contributed by atoms with E-state index in [2.05, 4.69) is 19.6 Å². The van der Waals surface area contributed by atoms with E-state index in [9.17, 15) is 18.0 Å². The SMILES string of the molecule is CN(CCN1CCCC1)C(=O)c1ccc(NS(=O)(=O)c2ccc3[nH]c(=O)[nH]c3c2)cc1. The Kier molecular flexibility index (Phi) is 5.84. The predicted molar refractivity (Wildman–Crippen MR) is 119 cm³/mol. The number of hydrogen-bond donors (Lipinski definition) is 3. The lowest BCUT2D eigenvalue weighted by Crippen LogP contribution is -2.35. The molecule has 164 valence electrons. The summed E-state index contributed by atoms with van der Waals surface area (Å²) in [6, 6.07) is 10.7. The minimum absolute atomic E-state index is 0.0250. The van der Waals surface area contributed by atoms with Gasteiger partial charge >= 0.3 is 5.69 Å². The average Bonchev–Trinajstić information content (AvgIpc) is 3.39. The van der Waals surface area contributed by atoms with Gasteiger partial charge in [0.15, 0.2) is 0 Å². The van der Waals surface area contributed by atoms with Crippen LogP contribution in [-0.2, 0) is 10.0 Å². The lowest BCUT2D eigenvalue weighted by atomic mass is 10.2. The number of amides is 1. The van der Waals surface area contributed by atoms with Crippen molar-refractivity contribution in [3.8, 4) is 0 Å². The van der Waals surface area contributed by atoms with Crippen molar-refractivity contribution in [2.45, 2.75) is 17.7 Å². The topological polar surface area (TPSA) is 118 Å². The van der Waals surface area contributed by atoms with Crippen molar-refractivity contribution in [2.24, 2.45) is 0 Å². The molecule has 1 aromatic heterocycles. The van der Waals surface area contributed by atoms with E-state index in [1.54, 1.807) is 36.2 Å². The van der Waals surface area contributed by atoms with Crippen LogP contribution in [0, 0.1) is 0 Å². The van der Waals surface area contributed by atoms with Crippen molar-refractivity contribution in [2.75, 3.05) is 37.9 Å². The number of sulfonamides is 1. The highest BCUT2D eigenvalue weighted by molar-refractivity contribution is 7.92. The quantitative estimate of drug-likeness (QED) is 0.515. The number of likely N-dealkylation sites (tertiary alicyclic amines) is 1. The number of nitrogens with one attached hydrogen (secondary N) is 3. The molecule has 1 saturated heterocycles. The van der Waals surface area contributed by atoms with Gasteiger partial charge in [-0.2, -0.15) is 0 Å². The average molecular weight is 444 g/mol. The molecule has 0 aliphatic carbocycles. The number of fused-ring (bicyclic) bond motifs is 1. The second kappa shape index (κ2) is 8.56. The molecular formula is C21H25N5O4S. The highest BCUT2D eigenvalue weighted by Crippen LogP contribution is 2.20. The fourth-order valence-electron chi connectivity index (χ4n) is 3.69. The second-order valence-corrected chi connectivity index (χ2v) is 9.43. The second-order valence-electron chi connectivity index (χ2n) is 7.74. The van der Waals surface area contributed by atoms with Gasteiger partial charge in [0, 0.05) is 31.4 Å². The number of carbonyl (C=O) groups is 1. The Morgan fingerprint density at radius 2 is 1.74 bits per heavy atom. The van der Waals surface area contributed by atoms with E-state index in [1.165, 1.54) is 31.0 Å². The van der Waals surface area contributed by atoms with E-state index < -0.39 is 15.7 Å². The van der Waals surface area contributed by atoms with Crippen molar-refractivity contribution in [1.29, 1.82) is 0 Å². The Morgan fingerprint density at radius 1 is 1.06 bits per heavy atom. The number of rotatable bonds is 7. The van der Waals surface area contributed by atoms with Crippen LogP contribution in [-0.4, -0.2) is 67.3 Å². The number of imidazole rings is 1. The molecule has 1 amide bonds. The summed E-state index contributed by atoms with van der Waals surface area (Å²) >= 11 is 0. The molecule has 0 saturated carbocycles. The van der Waals surface area contributed by atoms with Crippen molar-refractivity contribution < 1.29 is 13.2 Å². The number of aromatic nitrogens is 2. The summed E-state index contributed by atoms with van der Waals surface area (Å²) in [5.74, 6) is -0.101. The van der Waals surface area contributed by atoms with Crippen molar-refractivity contribution in [1.82, 2.24) is 19.8 Å². The third kappa shape index (κ3) is 4.80. The highest BCUT2D eigenvalue weighted by Gasteiger charge is 2.18. The largest absolute Gasteiger partial charge is 0.340 e. The van der Waals surface area contributed by atoms with Gasteiger partial charge in [-0.05, 0) is 68.4 Å². The van der Waals surface area contributed by atoms with Crippen LogP contribution in [0.3, 0.4) is 0 Å². The van der Waals surface area contributed by atoms with Gasteiger partial charge in [-0.1, -0.05) is 0 Å². The molecular weight excluding hydrogens is 418 g/mol. The summed E-state index contributed by atoms with van der Waals surface area (Å²) in [5.41, 5.74) is 1.38. The first-order chi connectivity index (χ1) is 14.8. The van der Waals surface area contributed by atoms with E-state index in [1.807, 2.05) is 0 Å². The molecule has 2 heterocycles. The van der Waals surface area contributed by atoms with Crippen molar-refractivity contribution in [3.05, 3.63) is 58.5 Å². The minimum Gasteiger partial charge on any atom is -0.340 e. The molecule has 0 bridgehead atoms. The third-order valence-electron chi connectivity index (χ3n) is 5.48. The molecule has 31 heavy (non-hydrogen) atoms. The zero-order chi connectivity index (χ0) is 22.0. The van der Waals surface area contributed by atoms with Crippen LogP contribution in [0.5, 0.6) is 0 Å². The molecule has 4 rings (SSSR count). The number of carbonyl (C=O) groups excluding carboxylic acids is 1. The van der Waals surface area contributed by atoms with E-state index in [-0.39, 0.29) is 10.8 Å². The van der Waals surface area contributed by atoms with Crippen LogP contribution in [0.1, 0.15) is 23.2 Å². The zero-order valence-corrected chi connectivity index (χ0v) is 18.0. The summed E-state index contributed by atoms with van der Waals surface area (Å²) in [4.78, 5) is 33.2. The highest BCUT2D eigenvalue weighted by atomic mass is 32.2. The maximum Gasteiger partial charge on any atom is 0.323 e. The Bertz CT molecular complexity index is 1240. The Balaban J connectivity index is 1.41. The number of benzene rings is 2. The molecule has 9 nitrogen and oxygen atoms in total. The molecule has 0 spiro atoms. The molecule has 3 aromatic rings. The van der Waals surface area contributed by atoms with Gasteiger partial charge in [-0.15, -0.1) is 0 Å². The minimum atomic E-state index is -3.85. The van der Waals surface area contributed by atoms with E-state index in [4.69, 9.17) is 0 Å². The van der Waals surface area contributed by atoms with Gasteiger partial charge in [-0.25, -0.2) is 13.2 Å². The molecule has 0 radical (unpaired) electrons. The fourth-order valence-corrected chi connectivity index (χ4v) is 4.78. The Hall–Kier alpha value is -3.11. The summed E-state index contributed by atoms with van der Waals surface area (Å²) in [6.07, 6.45) is 2.43. The smallest absolute Gasteiger partial charge is 0.323 e. The number of hydrogen-bond acceptors (Lipinski definition) is 5. The van der Waals surface area contributed by atoms with Crippen LogP contribution in [0.25, 0.3) is 11.0 Å². The fraction of sp³-hybridized carbons (Fsp3) is 0.333. The monoisotopic (exact) mass is 443 g/mol. The normalized spacial score (nSPS) is 14.7. The maximum absolute atomic E-state index is 12.7. The van der Waals surface area contributed by atoms with Gasteiger partial charge in [0.1, 0.15) is 0 Å². The maximum atomic E-state index is 12.7. The van der Waals surface area contributed by atoms with Crippen LogP contribution in [0.4, 0.5) is 5.69 Å². The first-order valence-corrected chi connectivity index (χ1v) is 11.6. The summed E-state index contributed by atoms with van der Waals surface area (Å²) in [6.45, 7) is 3.68. The Labute approximate surface area is 180 Å². The zero-order valence-electron chi connectivity index (χ0n) is 17.2. The predicted octanol–water partition coefficient (Wildman–Crippen LogP) is 1.82. The van der Waals surface area contributed by atoms with Crippen LogP contribution < -0.4 is 10.4 Å². The molecule has 2 aromatic carbocycles. The standard InChI is InChI=1S/C21H25N5O4S/c1-25(12-13-26-10-2-3-11-26)20(27)15-4-6-16(7-5-15)24-31(29,30)17-8-9-18-19(14-17)23-21(28)22-18/h4-9,14,24H,2-3,10-13H2,1H3,(H2,22,23,28). The van der Waals surface area contributed by atoms with Crippen molar-refractivity contribution in [3.63, 3.8) is 0 Å². The van der Waals surface area contributed by atoms with E-state index in [0.717, 1.165) is 19.6 Å².